The summed E-state index contributed by atoms with van der Waals surface area (Å²) in [7, 11) is 0. The van der Waals surface area contributed by atoms with E-state index in [1.54, 1.807) is 13.0 Å². The highest BCUT2D eigenvalue weighted by atomic mass is 19.1. The van der Waals surface area contributed by atoms with Crippen LogP contribution in [0.5, 0.6) is 0 Å². The molecule has 2 N–H and O–H groups in total. The molecule has 6 heteroatoms. The summed E-state index contributed by atoms with van der Waals surface area (Å²) in [5.41, 5.74) is 0.378. The number of carbonyl (C=O) groups excluding carboxylic acids is 2. The van der Waals surface area contributed by atoms with Crippen molar-refractivity contribution in [3.05, 3.63) is 47.4 Å². The van der Waals surface area contributed by atoms with Gasteiger partial charge in [-0.15, -0.1) is 0 Å². The number of halogens is 1. The summed E-state index contributed by atoms with van der Waals surface area (Å²) in [5, 5.41) is 4.86. The normalized spacial score (nSPS) is 18.1. The van der Waals surface area contributed by atoms with Gasteiger partial charge in [-0.25, -0.2) is 14.0 Å². The molecule has 0 saturated heterocycles. The summed E-state index contributed by atoms with van der Waals surface area (Å²) >= 11 is 0. The molecule has 0 spiro atoms. The van der Waals surface area contributed by atoms with E-state index in [0.717, 1.165) is 0 Å². The lowest BCUT2D eigenvalue weighted by Gasteiger charge is -2.25. The average Bonchev–Trinajstić information content (AvgIpc) is 2.39. The first kappa shape index (κ1) is 13.1. The highest BCUT2D eigenvalue weighted by molar-refractivity contribution is 5.93. The largest absolute Gasteiger partial charge is 0.463 e. The van der Waals surface area contributed by atoms with Gasteiger partial charge in [0.05, 0.1) is 18.2 Å². The maximum Gasteiger partial charge on any atom is 0.337 e. The molecule has 1 aliphatic heterocycles. The zero-order valence-corrected chi connectivity index (χ0v) is 10.3. The molecule has 2 rings (SSSR count). The van der Waals surface area contributed by atoms with Crippen molar-refractivity contribution < 1.29 is 18.7 Å². The first-order valence-electron chi connectivity index (χ1n) is 5.82. The molecule has 0 bridgehead atoms. The highest BCUT2D eigenvalue weighted by Crippen LogP contribution is 2.26. The minimum Gasteiger partial charge on any atom is -0.463 e. The van der Waals surface area contributed by atoms with E-state index < -0.39 is 23.9 Å². The average molecular weight is 264 g/mol. The van der Waals surface area contributed by atoms with Gasteiger partial charge in [-0.3, -0.25) is 0 Å². The standard InChI is InChI=1S/C13H13FN2O3/c1-2-19-12(17)9-7-15-13(18)16-11(9)8-5-3-4-6-10(8)14/h3-7,11H,2H2,1H3,(H2,15,16,18)/t11-/m0/s1. The van der Waals surface area contributed by atoms with Crippen LogP contribution >= 0.6 is 0 Å². The summed E-state index contributed by atoms with van der Waals surface area (Å²) < 4.78 is 18.7. The van der Waals surface area contributed by atoms with Crippen molar-refractivity contribution in [1.82, 2.24) is 10.6 Å². The SMILES string of the molecule is CCOC(=O)C1=CNC(=O)N[C@H]1c1ccccc1F. The first-order valence-corrected chi connectivity index (χ1v) is 5.82. The van der Waals surface area contributed by atoms with Crippen LogP contribution in [-0.2, 0) is 9.53 Å². The van der Waals surface area contributed by atoms with Crippen molar-refractivity contribution >= 4 is 12.0 Å². The van der Waals surface area contributed by atoms with E-state index >= 15 is 0 Å². The molecule has 5 nitrogen and oxygen atoms in total. The molecule has 1 aromatic carbocycles. The molecule has 0 saturated carbocycles. The lowest BCUT2D eigenvalue weighted by molar-refractivity contribution is -0.139. The minimum absolute atomic E-state index is 0.159. The van der Waals surface area contributed by atoms with Crippen LogP contribution in [0.2, 0.25) is 0 Å². The van der Waals surface area contributed by atoms with Crippen molar-refractivity contribution in [2.75, 3.05) is 6.61 Å². The third-order valence-corrected chi connectivity index (χ3v) is 2.67. The fraction of sp³-hybridized carbons (Fsp3) is 0.231. The predicted molar refractivity (Wildman–Crippen MR) is 65.5 cm³/mol. The van der Waals surface area contributed by atoms with Gasteiger partial charge in [0.2, 0.25) is 0 Å². The van der Waals surface area contributed by atoms with Gasteiger partial charge in [0.1, 0.15) is 5.82 Å². The number of urea groups is 1. The van der Waals surface area contributed by atoms with E-state index in [0.29, 0.717) is 0 Å². The Morgan fingerprint density at radius 3 is 2.84 bits per heavy atom. The van der Waals surface area contributed by atoms with Crippen LogP contribution in [-0.4, -0.2) is 18.6 Å². The number of carbonyl (C=O) groups is 2. The predicted octanol–water partition coefficient (Wildman–Crippen LogP) is 1.63. The molecule has 1 aromatic rings. The molecule has 1 heterocycles. The number of hydrogen-bond donors (Lipinski definition) is 2. The van der Waals surface area contributed by atoms with E-state index in [1.807, 2.05) is 0 Å². The number of rotatable bonds is 3. The van der Waals surface area contributed by atoms with Gasteiger partial charge in [-0.2, -0.15) is 0 Å². The molecule has 100 valence electrons. The topological polar surface area (TPSA) is 67.4 Å². The lowest BCUT2D eigenvalue weighted by atomic mass is 9.98. The zero-order valence-electron chi connectivity index (χ0n) is 10.3. The summed E-state index contributed by atoms with van der Waals surface area (Å²) in [6.07, 6.45) is 1.24. The van der Waals surface area contributed by atoms with E-state index in [9.17, 15) is 14.0 Å². The summed E-state index contributed by atoms with van der Waals surface area (Å²) in [6, 6.07) is 4.60. The summed E-state index contributed by atoms with van der Waals surface area (Å²) in [6.45, 7) is 1.87. The quantitative estimate of drug-likeness (QED) is 0.815. The highest BCUT2D eigenvalue weighted by Gasteiger charge is 2.30. The Bertz CT molecular complexity index is 542. The third-order valence-electron chi connectivity index (χ3n) is 2.67. The molecule has 0 aliphatic carbocycles. The van der Waals surface area contributed by atoms with Gasteiger partial charge in [-0.1, -0.05) is 18.2 Å². The molecular formula is C13H13FN2O3. The second kappa shape index (κ2) is 5.51. The molecule has 0 radical (unpaired) electrons. The molecule has 0 unspecified atom stereocenters. The van der Waals surface area contributed by atoms with E-state index in [1.165, 1.54) is 24.4 Å². The van der Waals surface area contributed by atoms with Gasteiger partial charge in [-0.05, 0) is 13.0 Å². The lowest BCUT2D eigenvalue weighted by Crippen LogP contribution is -2.43. The Labute approximate surface area is 109 Å². The summed E-state index contributed by atoms with van der Waals surface area (Å²) in [5.74, 6) is -1.09. The molecule has 1 atom stereocenters. The van der Waals surface area contributed by atoms with Crippen molar-refractivity contribution in [2.45, 2.75) is 13.0 Å². The van der Waals surface area contributed by atoms with Crippen LogP contribution in [0.15, 0.2) is 36.0 Å². The number of benzene rings is 1. The van der Waals surface area contributed by atoms with Crippen molar-refractivity contribution in [3.8, 4) is 0 Å². The van der Waals surface area contributed by atoms with E-state index in [-0.39, 0.29) is 17.7 Å². The van der Waals surface area contributed by atoms with Crippen LogP contribution in [0.4, 0.5) is 9.18 Å². The van der Waals surface area contributed by atoms with Crippen LogP contribution < -0.4 is 10.6 Å². The van der Waals surface area contributed by atoms with Crippen LogP contribution in [0.25, 0.3) is 0 Å². The fourth-order valence-electron chi connectivity index (χ4n) is 1.82. The molecular weight excluding hydrogens is 251 g/mol. The number of esters is 1. The maximum absolute atomic E-state index is 13.8. The number of amides is 2. The van der Waals surface area contributed by atoms with Gasteiger partial charge >= 0.3 is 12.0 Å². The second-order valence-corrected chi connectivity index (χ2v) is 3.89. The van der Waals surface area contributed by atoms with E-state index in [2.05, 4.69) is 10.6 Å². The Kier molecular flexibility index (Phi) is 3.79. The fourth-order valence-corrected chi connectivity index (χ4v) is 1.82. The summed E-state index contributed by atoms with van der Waals surface area (Å²) in [4.78, 5) is 23.1. The van der Waals surface area contributed by atoms with Crippen LogP contribution in [0, 0.1) is 5.82 Å². The van der Waals surface area contributed by atoms with Crippen molar-refractivity contribution in [3.63, 3.8) is 0 Å². The monoisotopic (exact) mass is 264 g/mol. The number of hydrogen-bond acceptors (Lipinski definition) is 3. The smallest absolute Gasteiger partial charge is 0.337 e. The van der Waals surface area contributed by atoms with Crippen molar-refractivity contribution in [1.29, 1.82) is 0 Å². The van der Waals surface area contributed by atoms with Crippen LogP contribution in [0.1, 0.15) is 18.5 Å². The second-order valence-electron chi connectivity index (χ2n) is 3.89. The molecule has 0 fully saturated rings. The van der Waals surface area contributed by atoms with Crippen LogP contribution in [0.3, 0.4) is 0 Å². The first-order chi connectivity index (χ1) is 9.13. The Hall–Kier alpha value is -2.37. The third kappa shape index (κ3) is 2.73. The minimum atomic E-state index is -0.853. The van der Waals surface area contributed by atoms with Gasteiger partial charge < -0.3 is 15.4 Å². The Balaban J connectivity index is 2.38. The van der Waals surface area contributed by atoms with Gasteiger partial charge in [0, 0.05) is 11.8 Å². The molecule has 2 amide bonds. The Morgan fingerprint density at radius 1 is 1.42 bits per heavy atom. The van der Waals surface area contributed by atoms with Gasteiger partial charge in [0.15, 0.2) is 0 Å². The maximum atomic E-state index is 13.8. The number of ether oxygens (including phenoxy) is 1. The molecule has 19 heavy (non-hydrogen) atoms. The van der Waals surface area contributed by atoms with E-state index in [4.69, 9.17) is 4.74 Å². The molecule has 0 aromatic heterocycles. The zero-order chi connectivity index (χ0) is 13.8. The Morgan fingerprint density at radius 2 is 2.16 bits per heavy atom. The number of nitrogens with one attached hydrogen (secondary N) is 2. The van der Waals surface area contributed by atoms with Crippen molar-refractivity contribution in [2.24, 2.45) is 0 Å². The van der Waals surface area contributed by atoms with Gasteiger partial charge in [0.25, 0.3) is 0 Å². The molecule has 1 aliphatic rings.